The fourth-order valence-electron chi connectivity index (χ4n) is 4.06. The molecule has 2 fully saturated rings. The van der Waals surface area contributed by atoms with Gasteiger partial charge in [0.25, 0.3) is 5.91 Å². The van der Waals surface area contributed by atoms with Crippen molar-refractivity contribution in [3.63, 3.8) is 0 Å². The second-order valence-corrected chi connectivity index (χ2v) is 10.3. The van der Waals surface area contributed by atoms with Crippen LogP contribution < -0.4 is 0 Å². The lowest BCUT2D eigenvalue weighted by atomic mass is 9.94. The lowest BCUT2D eigenvalue weighted by Crippen LogP contribution is -2.40. The molecule has 1 saturated carbocycles. The summed E-state index contributed by atoms with van der Waals surface area (Å²) < 4.78 is 32.5. The zero-order valence-electron chi connectivity index (χ0n) is 17.3. The minimum Gasteiger partial charge on any atom is -0.452 e. The van der Waals surface area contributed by atoms with Gasteiger partial charge in [0, 0.05) is 26.2 Å². The SMILES string of the molecule is CN(C(=O)COC(=O)c1ccc(Cl)c(S(=O)(=O)N2CCCCC2)c1)C1CCCCC1. The van der Waals surface area contributed by atoms with E-state index in [1.54, 1.807) is 11.9 Å². The standard InChI is InChI=1S/C21H29ClN2O5S/c1-23(17-8-4-2-5-9-17)20(25)15-29-21(26)16-10-11-18(22)19(14-16)30(27,28)24-12-6-3-7-13-24/h10-11,14,17H,2-9,12-13,15H2,1H3. The largest absolute Gasteiger partial charge is 0.452 e. The number of esters is 1. The zero-order valence-corrected chi connectivity index (χ0v) is 18.9. The molecule has 1 aromatic rings. The molecule has 0 spiro atoms. The van der Waals surface area contributed by atoms with E-state index in [2.05, 4.69) is 0 Å². The Hall–Kier alpha value is -1.64. The van der Waals surface area contributed by atoms with E-state index >= 15 is 0 Å². The molecule has 1 aromatic carbocycles. The molecule has 1 aliphatic heterocycles. The van der Waals surface area contributed by atoms with Gasteiger partial charge in [-0.25, -0.2) is 13.2 Å². The lowest BCUT2D eigenvalue weighted by molar-refractivity contribution is -0.135. The van der Waals surface area contributed by atoms with Gasteiger partial charge in [0.15, 0.2) is 6.61 Å². The van der Waals surface area contributed by atoms with Gasteiger partial charge in [0.05, 0.1) is 10.6 Å². The molecule has 2 aliphatic rings. The third kappa shape index (κ3) is 5.34. The van der Waals surface area contributed by atoms with Crippen LogP contribution in [0.4, 0.5) is 0 Å². The zero-order chi connectivity index (χ0) is 21.7. The molecule has 1 amide bonds. The van der Waals surface area contributed by atoms with E-state index in [0.717, 1.165) is 44.9 Å². The molecule has 1 heterocycles. The molecule has 1 aliphatic carbocycles. The summed E-state index contributed by atoms with van der Waals surface area (Å²) in [6.07, 6.45) is 7.91. The van der Waals surface area contributed by atoms with Gasteiger partial charge < -0.3 is 9.64 Å². The number of sulfonamides is 1. The van der Waals surface area contributed by atoms with Gasteiger partial charge >= 0.3 is 5.97 Å². The van der Waals surface area contributed by atoms with Crippen molar-refractivity contribution in [2.75, 3.05) is 26.7 Å². The number of amides is 1. The first-order chi connectivity index (χ1) is 14.3. The van der Waals surface area contributed by atoms with Crippen molar-refractivity contribution in [1.82, 2.24) is 9.21 Å². The summed E-state index contributed by atoms with van der Waals surface area (Å²) in [7, 11) is -2.06. The Kier molecular flexibility index (Phi) is 7.76. The summed E-state index contributed by atoms with van der Waals surface area (Å²) in [5, 5.41) is 0.0604. The van der Waals surface area contributed by atoms with Gasteiger partial charge in [-0.05, 0) is 43.9 Å². The Morgan fingerprint density at radius 1 is 1.10 bits per heavy atom. The Bertz CT molecular complexity index is 877. The first-order valence-electron chi connectivity index (χ1n) is 10.5. The maximum atomic E-state index is 12.9. The third-order valence-corrected chi connectivity index (χ3v) is 8.32. The van der Waals surface area contributed by atoms with Crippen LogP contribution in [0.15, 0.2) is 23.1 Å². The van der Waals surface area contributed by atoms with E-state index in [1.165, 1.54) is 28.9 Å². The summed E-state index contributed by atoms with van der Waals surface area (Å²) in [5.41, 5.74) is 0.0584. The summed E-state index contributed by atoms with van der Waals surface area (Å²) in [4.78, 5) is 26.4. The molecule has 0 aromatic heterocycles. The van der Waals surface area contributed by atoms with E-state index in [0.29, 0.717) is 13.1 Å². The topological polar surface area (TPSA) is 84.0 Å². The van der Waals surface area contributed by atoms with Crippen LogP contribution >= 0.6 is 11.6 Å². The van der Waals surface area contributed by atoms with Crippen molar-refractivity contribution >= 4 is 33.5 Å². The van der Waals surface area contributed by atoms with Crippen molar-refractivity contribution < 1.29 is 22.7 Å². The number of carbonyl (C=O) groups excluding carboxylic acids is 2. The van der Waals surface area contributed by atoms with Crippen LogP contribution in [0, 0.1) is 0 Å². The van der Waals surface area contributed by atoms with Gasteiger partial charge in [-0.1, -0.05) is 37.3 Å². The normalized spacial score (nSPS) is 18.7. The second kappa shape index (κ2) is 10.1. The predicted molar refractivity (Wildman–Crippen MR) is 114 cm³/mol. The maximum Gasteiger partial charge on any atom is 0.338 e. The molecule has 0 bridgehead atoms. The fourth-order valence-corrected chi connectivity index (χ4v) is 6.07. The minimum absolute atomic E-state index is 0.0584. The molecule has 0 radical (unpaired) electrons. The Labute approximate surface area is 183 Å². The van der Waals surface area contributed by atoms with Crippen LogP contribution in [0.3, 0.4) is 0 Å². The molecule has 166 valence electrons. The van der Waals surface area contributed by atoms with Gasteiger partial charge in [0.1, 0.15) is 4.90 Å². The van der Waals surface area contributed by atoms with Gasteiger partial charge in [0.2, 0.25) is 10.0 Å². The number of nitrogens with zero attached hydrogens (tertiary/aromatic N) is 2. The minimum atomic E-state index is -3.79. The van der Waals surface area contributed by atoms with Gasteiger partial charge in [-0.3, -0.25) is 4.79 Å². The molecule has 7 nitrogen and oxygen atoms in total. The highest BCUT2D eigenvalue weighted by Gasteiger charge is 2.29. The molecule has 0 N–H and O–H groups in total. The van der Waals surface area contributed by atoms with E-state index in [9.17, 15) is 18.0 Å². The highest BCUT2D eigenvalue weighted by Crippen LogP contribution is 2.28. The maximum absolute atomic E-state index is 12.9. The molecule has 0 unspecified atom stereocenters. The number of carbonyl (C=O) groups is 2. The Balaban J connectivity index is 1.66. The number of piperidine rings is 1. The van der Waals surface area contributed by atoms with E-state index in [4.69, 9.17) is 16.3 Å². The van der Waals surface area contributed by atoms with E-state index in [-0.39, 0.29) is 34.0 Å². The second-order valence-electron chi connectivity index (χ2n) is 7.98. The predicted octanol–water partition coefficient (Wildman–Crippen LogP) is 3.46. The molecule has 9 heteroatoms. The number of ether oxygens (including phenoxy) is 1. The number of benzene rings is 1. The smallest absolute Gasteiger partial charge is 0.338 e. The monoisotopic (exact) mass is 456 g/mol. The highest BCUT2D eigenvalue weighted by atomic mass is 35.5. The van der Waals surface area contributed by atoms with Gasteiger partial charge in [-0.2, -0.15) is 4.31 Å². The molecular formula is C21H29ClN2O5S. The van der Waals surface area contributed by atoms with Crippen LogP contribution in [-0.2, 0) is 19.6 Å². The van der Waals surface area contributed by atoms with Crippen molar-refractivity contribution in [1.29, 1.82) is 0 Å². The van der Waals surface area contributed by atoms with Crippen molar-refractivity contribution in [3.05, 3.63) is 28.8 Å². The number of hydrogen-bond acceptors (Lipinski definition) is 5. The quantitative estimate of drug-likeness (QED) is 0.612. The van der Waals surface area contributed by atoms with Crippen LogP contribution in [0.5, 0.6) is 0 Å². The number of hydrogen-bond donors (Lipinski definition) is 0. The molecule has 1 saturated heterocycles. The average Bonchev–Trinajstić information content (AvgIpc) is 2.78. The van der Waals surface area contributed by atoms with E-state index in [1.807, 2.05) is 0 Å². The average molecular weight is 457 g/mol. The number of rotatable bonds is 6. The molecule has 3 rings (SSSR count). The fraction of sp³-hybridized carbons (Fsp3) is 0.619. The summed E-state index contributed by atoms with van der Waals surface area (Å²) in [6, 6.07) is 4.21. The summed E-state index contributed by atoms with van der Waals surface area (Å²) >= 11 is 6.14. The number of halogens is 1. The summed E-state index contributed by atoms with van der Waals surface area (Å²) in [5.74, 6) is -1.00. The lowest BCUT2D eigenvalue weighted by Gasteiger charge is -2.31. The van der Waals surface area contributed by atoms with Crippen LogP contribution in [0.25, 0.3) is 0 Å². The van der Waals surface area contributed by atoms with Crippen LogP contribution in [-0.4, -0.2) is 62.3 Å². The molecule has 0 atom stereocenters. The van der Waals surface area contributed by atoms with Crippen molar-refractivity contribution in [2.45, 2.75) is 62.3 Å². The van der Waals surface area contributed by atoms with Crippen molar-refractivity contribution in [2.24, 2.45) is 0 Å². The Morgan fingerprint density at radius 3 is 2.40 bits per heavy atom. The Morgan fingerprint density at radius 2 is 1.73 bits per heavy atom. The molecule has 30 heavy (non-hydrogen) atoms. The highest BCUT2D eigenvalue weighted by molar-refractivity contribution is 7.89. The third-order valence-electron chi connectivity index (χ3n) is 5.94. The summed E-state index contributed by atoms with van der Waals surface area (Å²) in [6.45, 7) is 0.507. The van der Waals surface area contributed by atoms with Crippen LogP contribution in [0.2, 0.25) is 5.02 Å². The molecular weight excluding hydrogens is 428 g/mol. The number of likely N-dealkylation sites (N-methyl/N-ethyl adjacent to an activating group) is 1. The first-order valence-corrected chi connectivity index (χ1v) is 12.3. The van der Waals surface area contributed by atoms with E-state index < -0.39 is 16.0 Å². The first kappa shape index (κ1) is 23.0. The van der Waals surface area contributed by atoms with Crippen molar-refractivity contribution in [3.8, 4) is 0 Å². The van der Waals surface area contributed by atoms with Crippen LogP contribution in [0.1, 0.15) is 61.7 Å². The van der Waals surface area contributed by atoms with Gasteiger partial charge in [-0.15, -0.1) is 0 Å².